The molecule has 0 aromatic heterocycles. The molecule has 1 aromatic rings. The maximum Gasteiger partial charge on any atom is 1.00 e. The first-order valence-corrected chi connectivity index (χ1v) is 13.2. The topological polar surface area (TPSA) is 0 Å². The molecule has 0 N–H and O–H groups in total. The van der Waals surface area contributed by atoms with E-state index in [9.17, 15) is 0 Å². The van der Waals surface area contributed by atoms with Crippen LogP contribution < -0.4 is 18.9 Å². The Kier molecular flexibility index (Phi) is 6.71. The van der Waals surface area contributed by atoms with E-state index >= 15 is 0 Å². The van der Waals surface area contributed by atoms with Gasteiger partial charge in [-0.15, -0.1) is 0 Å². The van der Waals surface area contributed by atoms with Crippen molar-refractivity contribution in [1.29, 1.82) is 0 Å². The van der Waals surface area contributed by atoms with Gasteiger partial charge in [-0.25, -0.2) is 5.70 Å². The normalized spacial score (nSPS) is 11.2. The molecule has 0 aliphatic heterocycles. The van der Waals surface area contributed by atoms with Crippen LogP contribution in [-0.2, 0) is 0 Å². The van der Waals surface area contributed by atoms with Crippen LogP contribution in [-0.4, -0.2) is 16.1 Å². The molecule has 18 heavy (non-hydrogen) atoms. The Morgan fingerprint density at radius 1 is 0.944 bits per heavy atom. The molecule has 0 saturated carbocycles. The smallest absolute Gasteiger partial charge is 0.332 e. The summed E-state index contributed by atoms with van der Waals surface area (Å²) < 4.78 is 0. The zero-order valence-corrected chi connectivity index (χ0v) is 14.9. The molecule has 0 spiro atoms. The van der Waals surface area contributed by atoms with Crippen LogP contribution in [0, 0.1) is 5.70 Å². The van der Waals surface area contributed by atoms with Crippen molar-refractivity contribution in [2.45, 2.75) is 39.3 Å². The monoisotopic (exact) mass is 266 g/mol. The zero-order valence-electron chi connectivity index (χ0n) is 12.9. The Labute approximate surface area is 126 Å². The first-order chi connectivity index (χ1) is 7.70. The molecule has 0 heterocycles. The van der Waals surface area contributed by atoms with Gasteiger partial charge in [0.25, 0.3) is 0 Å². The van der Waals surface area contributed by atoms with Crippen LogP contribution >= 0.6 is 0 Å². The molecule has 0 aliphatic carbocycles. The van der Waals surface area contributed by atoms with Crippen molar-refractivity contribution in [3.05, 3.63) is 47.3 Å². The third-order valence-corrected chi connectivity index (χ3v) is 5.16. The Balaban J connectivity index is 0.00000289. The molecule has 0 atom stereocenters. The van der Waals surface area contributed by atoms with Gasteiger partial charge < -0.3 is 5.73 Å². The third kappa shape index (κ3) is 6.09. The summed E-state index contributed by atoms with van der Waals surface area (Å²) in [5.41, 5.74) is 8.34. The van der Waals surface area contributed by atoms with Gasteiger partial charge in [0.1, 0.15) is 0 Å². The summed E-state index contributed by atoms with van der Waals surface area (Å²) in [7, 11) is -2.65. The average molecular weight is 266 g/mol. The molecule has 92 valence electrons. The summed E-state index contributed by atoms with van der Waals surface area (Å²) >= 11 is 0. The fourth-order valence-electron chi connectivity index (χ4n) is 1.55. The molecule has 0 radical (unpaired) electrons. The van der Waals surface area contributed by atoms with Crippen molar-refractivity contribution in [2.24, 2.45) is 0 Å². The molecule has 0 amide bonds. The van der Waals surface area contributed by atoms with Crippen LogP contribution in [0.4, 0.5) is 0 Å². The first kappa shape index (κ1) is 17.8. The summed E-state index contributed by atoms with van der Waals surface area (Å²) in [6.45, 7) is 14.0. The molecule has 0 unspecified atom stereocenters. The van der Waals surface area contributed by atoms with Crippen molar-refractivity contribution in [3.63, 3.8) is 0 Å². The van der Waals surface area contributed by atoms with E-state index in [-0.39, 0.29) is 18.9 Å². The van der Waals surface area contributed by atoms with Crippen molar-refractivity contribution in [2.75, 3.05) is 0 Å². The number of hydrogen-bond acceptors (Lipinski definition) is 0. The van der Waals surface area contributed by atoms with Crippen molar-refractivity contribution in [1.82, 2.24) is 0 Å². The second-order valence-electron chi connectivity index (χ2n) is 6.49. The summed E-state index contributed by atoms with van der Waals surface area (Å²) in [5, 5.41) is 1.39. The first-order valence-electron chi connectivity index (χ1n) is 6.16. The standard InChI is InChI=1S/C15H23Si2.Li/c1-16(2,3)13-12-15(17(4,5)6)14-10-8-7-9-11-14;/h7-11H,1-6H3;/q-1;+1. The number of rotatable bonds is 3. The molecule has 0 saturated heterocycles. The fraction of sp³-hybridized carbons (Fsp3) is 0.400. The minimum absolute atomic E-state index is 0. The van der Waals surface area contributed by atoms with Gasteiger partial charge in [0.15, 0.2) is 0 Å². The Morgan fingerprint density at radius 3 is 1.83 bits per heavy atom. The molecule has 0 aliphatic rings. The Hall–Kier alpha value is -0.229. The predicted molar refractivity (Wildman–Crippen MR) is 83.3 cm³/mol. The van der Waals surface area contributed by atoms with E-state index in [1.807, 2.05) is 0 Å². The minimum atomic E-state index is -1.36. The van der Waals surface area contributed by atoms with E-state index in [2.05, 4.69) is 81.0 Å². The second-order valence-corrected chi connectivity index (χ2v) is 16.2. The van der Waals surface area contributed by atoms with E-state index in [1.165, 1.54) is 10.8 Å². The molecular formula is C15H23LiSi2. The van der Waals surface area contributed by atoms with E-state index in [0.717, 1.165) is 0 Å². The van der Waals surface area contributed by atoms with Crippen molar-refractivity contribution < 1.29 is 18.9 Å². The van der Waals surface area contributed by atoms with Gasteiger partial charge in [0.05, 0.1) is 0 Å². The number of benzene rings is 1. The summed E-state index contributed by atoms with van der Waals surface area (Å²) in [5.74, 6) is 0. The molecule has 0 bridgehead atoms. The zero-order chi connectivity index (χ0) is 13.1. The van der Waals surface area contributed by atoms with E-state index in [4.69, 9.17) is 0 Å². The molecular weight excluding hydrogens is 243 g/mol. The van der Waals surface area contributed by atoms with Gasteiger partial charge in [0, 0.05) is 0 Å². The quantitative estimate of drug-likeness (QED) is 0.444. The van der Waals surface area contributed by atoms with Crippen molar-refractivity contribution >= 4 is 21.3 Å². The molecule has 0 fully saturated rings. The van der Waals surface area contributed by atoms with Crippen LogP contribution in [0.25, 0.3) is 5.20 Å². The molecule has 0 nitrogen and oxygen atoms in total. The summed E-state index contributed by atoms with van der Waals surface area (Å²) in [6, 6.07) is 10.6. The fourth-order valence-corrected chi connectivity index (χ4v) is 3.64. The van der Waals surface area contributed by atoms with Crippen LogP contribution in [0.3, 0.4) is 0 Å². The van der Waals surface area contributed by atoms with Crippen LogP contribution in [0.15, 0.2) is 36.1 Å². The molecule has 1 rings (SSSR count). The molecule has 3 heteroatoms. The maximum atomic E-state index is 3.51. The Morgan fingerprint density at radius 2 is 1.44 bits per heavy atom. The van der Waals surface area contributed by atoms with Gasteiger partial charge in [-0.1, -0.05) is 75.2 Å². The van der Waals surface area contributed by atoms with Crippen LogP contribution in [0.2, 0.25) is 39.3 Å². The Bertz CT molecular complexity index is 430. The SMILES string of the molecule is C[Si](C)(C)[C-]=C=C(c1ccccc1)[Si](C)(C)C.[Li+]. The van der Waals surface area contributed by atoms with Gasteiger partial charge in [-0.2, -0.15) is 5.20 Å². The van der Waals surface area contributed by atoms with Gasteiger partial charge in [0.2, 0.25) is 0 Å². The van der Waals surface area contributed by atoms with Gasteiger partial charge in [-0.05, 0) is 16.1 Å². The van der Waals surface area contributed by atoms with Crippen LogP contribution in [0.1, 0.15) is 5.56 Å². The summed E-state index contributed by atoms with van der Waals surface area (Å²) in [6.07, 6.45) is 0. The minimum Gasteiger partial charge on any atom is -0.332 e. The number of hydrogen-bond donors (Lipinski definition) is 0. The van der Waals surface area contributed by atoms with Crippen LogP contribution in [0.5, 0.6) is 0 Å². The van der Waals surface area contributed by atoms with E-state index in [1.54, 1.807) is 0 Å². The summed E-state index contributed by atoms with van der Waals surface area (Å²) in [4.78, 5) is 0. The molecule has 1 aromatic carbocycles. The maximum absolute atomic E-state index is 3.51. The largest absolute Gasteiger partial charge is 1.00 e. The van der Waals surface area contributed by atoms with E-state index < -0.39 is 16.1 Å². The predicted octanol–water partition coefficient (Wildman–Crippen LogP) is 1.79. The van der Waals surface area contributed by atoms with Gasteiger partial charge >= 0.3 is 18.9 Å². The average Bonchev–Trinajstić information content (AvgIpc) is 2.15. The van der Waals surface area contributed by atoms with Gasteiger partial charge in [-0.3, -0.25) is 0 Å². The second kappa shape index (κ2) is 6.80. The third-order valence-electron chi connectivity index (χ3n) is 2.37. The van der Waals surface area contributed by atoms with Crippen molar-refractivity contribution in [3.8, 4) is 0 Å². The van der Waals surface area contributed by atoms with E-state index in [0.29, 0.717) is 0 Å².